The number of nitrogens with two attached hydrogens (primary N) is 1. The van der Waals surface area contributed by atoms with Gasteiger partial charge in [-0.05, 0) is 25.1 Å². The fourth-order valence-electron chi connectivity index (χ4n) is 2.05. The van der Waals surface area contributed by atoms with E-state index in [0.717, 1.165) is 11.3 Å². The Morgan fingerprint density at radius 3 is 2.71 bits per heavy atom. The molecule has 2 rings (SSSR count). The number of hydrogen-bond acceptors (Lipinski definition) is 4. The highest BCUT2D eigenvalue weighted by atomic mass is 16.5. The molecule has 0 radical (unpaired) electrons. The van der Waals surface area contributed by atoms with Crippen molar-refractivity contribution in [2.24, 2.45) is 5.73 Å². The first-order chi connectivity index (χ1) is 10.2. The fraction of sp³-hybridized carbons (Fsp3) is 0.312. The van der Waals surface area contributed by atoms with Crippen LogP contribution < -0.4 is 10.5 Å². The molecule has 1 aromatic heterocycles. The van der Waals surface area contributed by atoms with Crippen LogP contribution in [-0.4, -0.2) is 24.5 Å². The third-order valence-electron chi connectivity index (χ3n) is 3.10. The molecule has 0 aliphatic heterocycles. The Labute approximate surface area is 124 Å². The number of hydrogen-bond donors (Lipinski definition) is 1. The maximum Gasteiger partial charge on any atom is 0.289 e. The van der Waals surface area contributed by atoms with Crippen molar-refractivity contribution >= 4 is 5.91 Å². The predicted octanol–water partition coefficient (Wildman–Crippen LogP) is 2.41. The third-order valence-corrected chi connectivity index (χ3v) is 3.10. The first-order valence-corrected chi connectivity index (χ1v) is 6.90. The zero-order valence-corrected chi connectivity index (χ0v) is 12.3. The van der Waals surface area contributed by atoms with Crippen LogP contribution in [-0.2, 0) is 13.1 Å². The molecule has 0 aliphatic carbocycles. The van der Waals surface area contributed by atoms with Crippen LogP contribution in [0.1, 0.15) is 28.8 Å². The summed E-state index contributed by atoms with van der Waals surface area (Å²) >= 11 is 0. The number of amides is 1. The van der Waals surface area contributed by atoms with Crippen LogP contribution in [0.5, 0.6) is 5.75 Å². The Kier molecular flexibility index (Phi) is 5.00. The fourth-order valence-corrected chi connectivity index (χ4v) is 2.05. The summed E-state index contributed by atoms with van der Waals surface area (Å²) in [6.07, 6.45) is 0. The summed E-state index contributed by atoms with van der Waals surface area (Å²) in [6.45, 7) is 3.26. The molecule has 2 aromatic rings. The van der Waals surface area contributed by atoms with Crippen LogP contribution in [0.15, 0.2) is 40.8 Å². The summed E-state index contributed by atoms with van der Waals surface area (Å²) in [5.74, 6) is 1.51. The molecule has 0 spiro atoms. The highest BCUT2D eigenvalue weighted by Crippen LogP contribution is 2.20. The number of carbonyl (C=O) groups is 1. The lowest BCUT2D eigenvalue weighted by Crippen LogP contribution is -2.26. The van der Waals surface area contributed by atoms with E-state index >= 15 is 0 Å². The van der Waals surface area contributed by atoms with Crippen molar-refractivity contribution in [2.45, 2.75) is 20.0 Å². The smallest absolute Gasteiger partial charge is 0.289 e. The summed E-state index contributed by atoms with van der Waals surface area (Å²) in [7, 11) is 1.73. The minimum absolute atomic E-state index is 0.180. The molecule has 0 saturated heterocycles. The van der Waals surface area contributed by atoms with Gasteiger partial charge in [0, 0.05) is 19.2 Å². The number of furan rings is 1. The molecule has 1 aromatic carbocycles. The van der Waals surface area contributed by atoms with Crippen LogP contribution in [0.3, 0.4) is 0 Å². The molecule has 1 amide bonds. The van der Waals surface area contributed by atoms with Gasteiger partial charge in [-0.25, -0.2) is 0 Å². The van der Waals surface area contributed by atoms with Gasteiger partial charge >= 0.3 is 0 Å². The van der Waals surface area contributed by atoms with Gasteiger partial charge in [0.05, 0.1) is 13.2 Å². The van der Waals surface area contributed by atoms with Crippen molar-refractivity contribution < 1.29 is 13.9 Å². The lowest BCUT2D eigenvalue weighted by atomic mass is 10.2. The minimum Gasteiger partial charge on any atom is -0.494 e. The van der Waals surface area contributed by atoms with Gasteiger partial charge in [0.2, 0.25) is 0 Å². The number of rotatable bonds is 6. The van der Waals surface area contributed by atoms with Gasteiger partial charge < -0.3 is 19.8 Å². The summed E-state index contributed by atoms with van der Waals surface area (Å²) in [4.78, 5) is 13.9. The number of para-hydroxylation sites is 1. The van der Waals surface area contributed by atoms with E-state index in [0.29, 0.717) is 24.7 Å². The quantitative estimate of drug-likeness (QED) is 0.886. The molecule has 1 heterocycles. The van der Waals surface area contributed by atoms with Gasteiger partial charge in [0.25, 0.3) is 5.91 Å². The molecule has 112 valence electrons. The van der Waals surface area contributed by atoms with Gasteiger partial charge in [-0.15, -0.1) is 0 Å². The minimum atomic E-state index is -0.180. The SMILES string of the molecule is CCOc1ccccc1CN(C)C(=O)c1ccc(CN)o1. The molecule has 5 heteroatoms. The summed E-state index contributed by atoms with van der Waals surface area (Å²) < 4.78 is 11.0. The van der Waals surface area contributed by atoms with Gasteiger partial charge in [0.15, 0.2) is 5.76 Å². The Balaban J connectivity index is 2.10. The Morgan fingerprint density at radius 2 is 2.05 bits per heavy atom. The number of benzene rings is 1. The maximum atomic E-state index is 12.3. The van der Waals surface area contributed by atoms with E-state index in [1.54, 1.807) is 24.1 Å². The summed E-state index contributed by atoms with van der Waals surface area (Å²) in [5.41, 5.74) is 6.44. The van der Waals surface area contributed by atoms with Gasteiger partial charge in [-0.1, -0.05) is 18.2 Å². The zero-order chi connectivity index (χ0) is 15.2. The molecule has 5 nitrogen and oxygen atoms in total. The van der Waals surface area contributed by atoms with Crippen LogP contribution >= 0.6 is 0 Å². The van der Waals surface area contributed by atoms with Crippen molar-refractivity contribution in [1.29, 1.82) is 0 Å². The van der Waals surface area contributed by atoms with Gasteiger partial charge in [0.1, 0.15) is 11.5 Å². The summed E-state index contributed by atoms with van der Waals surface area (Å²) in [5, 5.41) is 0. The zero-order valence-electron chi connectivity index (χ0n) is 12.3. The highest BCUT2D eigenvalue weighted by molar-refractivity contribution is 5.91. The summed E-state index contributed by atoms with van der Waals surface area (Å²) in [6, 6.07) is 11.1. The van der Waals surface area contributed by atoms with E-state index in [4.69, 9.17) is 14.9 Å². The second-order valence-corrected chi connectivity index (χ2v) is 4.67. The van der Waals surface area contributed by atoms with E-state index < -0.39 is 0 Å². The van der Waals surface area contributed by atoms with Crippen LogP contribution in [0, 0.1) is 0 Å². The van der Waals surface area contributed by atoms with Crippen LogP contribution in [0.4, 0.5) is 0 Å². The third kappa shape index (κ3) is 3.64. The van der Waals surface area contributed by atoms with Crippen LogP contribution in [0.2, 0.25) is 0 Å². The Morgan fingerprint density at radius 1 is 1.29 bits per heavy atom. The molecule has 0 bridgehead atoms. The largest absolute Gasteiger partial charge is 0.494 e. The molecule has 0 saturated carbocycles. The Hall–Kier alpha value is -2.27. The van der Waals surface area contributed by atoms with Gasteiger partial charge in [-0.3, -0.25) is 4.79 Å². The monoisotopic (exact) mass is 288 g/mol. The molecule has 0 aliphatic rings. The average Bonchev–Trinajstić information content (AvgIpc) is 2.97. The second-order valence-electron chi connectivity index (χ2n) is 4.67. The second kappa shape index (κ2) is 6.95. The standard InChI is InChI=1S/C16H20N2O3/c1-3-20-14-7-5-4-6-12(14)11-18(2)16(19)15-9-8-13(10-17)21-15/h4-9H,3,10-11,17H2,1-2H3. The first-order valence-electron chi connectivity index (χ1n) is 6.90. The number of carbonyl (C=O) groups excluding carboxylic acids is 1. The molecular weight excluding hydrogens is 268 g/mol. The van der Waals surface area contributed by atoms with Crippen molar-refractivity contribution in [3.63, 3.8) is 0 Å². The molecular formula is C16H20N2O3. The van der Waals surface area contributed by atoms with Crippen LogP contribution in [0.25, 0.3) is 0 Å². The van der Waals surface area contributed by atoms with E-state index in [9.17, 15) is 4.79 Å². The van der Waals surface area contributed by atoms with E-state index in [1.807, 2.05) is 31.2 Å². The van der Waals surface area contributed by atoms with Gasteiger partial charge in [-0.2, -0.15) is 0 Å². The van der Waals surface area contributed by atoms with E-state index in [2.05, 4.69) is 0 Å². The average molecular weight is 288 g/mol. The van der Waals surface area contributed by atoms with Crippen molar-refractivity contribution in [1.82, 2.24) is 4.90 Å². The van der Waals surface area contributed by atoms with E-state index in [-0.39, 0.29) is 12.5 Å². The van der Waals surface area contributed by atoms with Crippen molar-refractivity contribution in [3.8, 4) is 5.75 Å². The van der Waals surface area contributed by atoms with Crippen molar-refractivity contribution in [3.05, 3.63) is 53.5 Å². The topological polar surface area (TPSA) is 68.7 Å². The Bertz CT molecular complexity index is 607. The maximum absolute atomic E-state index is 12.3. The van der Waals surface area contributed by atoms with E-state index in [1.165, 1.54) is 0 Å². The highest BCUT2D eigenvalue weighted by Gasteiger charge is 2.17. The molecule has 0 atom stereocenters. The normalized spacial score (nSPS) is 10.4. The molecule has 2 N–H and O–H groups in total. The first kappa shape index (κ1) is 15.1. The molecule has 0 unspecified atom stereocenters. The molecule has 21 heavy (non-hydrogen) atoms. The molecule has 0 fully saturated rings. The van der Waals surface area contributed by atoms with Crippen molar-refractivity contribution in [2.75, 3.05) is 13.7 Å². The predicted molar refractivity (Wildman–Crippen MR) is 80.0 cm³/mol. The number of ether oxygens (including phenoxy) is 1. The lowest BCUT2D eigenvalue weighted by molar-refractivity contribution is 0.0750. The lowest BCUT2D eigenvalue weighted by Gasteiger charge is -2.18. The number of nitrogens with zero attached hydrogens (tertiary/aromatic N) is 1.